The molecule has 0 unspecified atom stereocenters. The van der Waals surface area contributed by atoms with Gasteiger partial charge in [0.1, 0.15) is 11.4 Å². The molecule has 1 aliphatic rings. The third-order valence-electron chi connectivity index (χ3n) is 4.38. The number of anilines is 1. The molecular weight excluding hydrogens is 523 g/mol. The SMILES string of the molecule is CN=C(NCCNS(=O)(=O)c1cccnc1)N1CCN(c2cnn(C)c2)C(=O)C1.I. The van der Waals surface area contributed by atoms with Crippen molar-refractivity contribution in [1.29, 1.82) is 0 Å². The van der Waals surface area contributed by atoms with E-state index in [1.165, 1.54) is 18.5 Å². The van der Waals surface area contributed by atoms with E-state index in [0.717, 1.165) is 5.69 Å². The number of sulfonamides is 1. The van der Waals surface area contributed by atoms with Gasteiger partial charge in [0.15, 0.2) is 5.96 Å². The zero-order valence-corrected chi connectivity index (χ0v) is 19.9. The number of piperazine rings is 1. The van der Waals surface area contributed by atoms with Gasteiger partial charge in [-0.2, -0.15) is 5.10 Å². The summed E-state index contributed by atoms with van der Waals surface area (Å²) in [4.78, 5) is 24.2. The van der Waals surface area contributed by atoms with E-state index in [2.05, 4.69) is 25.1 Å². The number of carbonyl (C=O) groups excluding carboxylic acids is 1. The van der Waals surface area contributed by atoms with E-state index in [1.807, 2.05) is 4.90 Å². The van der Waals surface area contributed by atoms with Gasteiger partial charge in [0.2, 0.25) is 15.9 Å². The molecule has 2 aromatic rings. The lowest BCUT2D eigenvalue weighted by Gasteiger charge is -2.35. The number of nitrogens with zero attached hydrogens (tertiary/aromatic N) is 6. The highest BCUT2D eigenvalue weighted by Crippen LogP contribution is 2.16. The smallest absolute Gasteiger partial charge is 0.246 e. The number of aromatic nitrogens is 3. The summed E-state index contributed by atoms with van der Waals surface area (Å²) in [7, 11) is -0.180. The van der Waals surface area contributed by atoms with Gasteiger partial charge in [-0.05, 0) is 12.1 Å². The average molecular weight is 548 g/mol. The molecule has 0 aromatic carbocycles. The molecule has 3 rings (SSSR count). The number of amides is 1. The predicted octanol–water partition coefficient (Wildman–Crippen LogP) is -0.364. The van der Waals surface area contributed by atoms with Gasteiger partial charge in [0, 0.05) is 58.9 Å². The summed E-state index contributed by atoms with van der Waals surface area (Å²) in [5.41, 5.74) is 0.768. The Balaban J connectivity index is 0.00000320. The number of aliphatic imine (C=N–C) groups is 1. The molecule has 1 fully saturated rings. The van der Waals surface area contributed by atoms with Gasteiger partial charge in [0.25, 0.3) is 0 Å². The number of carbonyl (C=O) groups is 1. The molecule has 3 heterocycles. The van der Waals surface area contributed by atoms with Crippen LogP contribution < -0.4 is 14.9 Å². The molecule has 0 radical (unpaired) electrons. The molecule has 11 nitrogen and oxygen atoms in total. The Hall–Kier alpha value is -2.26. The molecule has 0 atom stereocenters. The lowest BCUT2D eigenvalue weighted by molar-refractivity contribution is -0.120. The largest absolute Gasteiger partial charge is 0.355 e. The second-order valence-corrected chi connectivity index (χ2v) is 8.17. The summed E-state index contributed by atoms with van der Waals surface area (Å²) in [5, 5.41) is 7.19. The molecule has 30 heavy (non-hydrogen) atoms. The fourth-order valence-electron chi connectivity index (χ4n) is 2.96. The molecular formula is C17H25IN8O3S. The molecule has 1 aliphatic heterocycles. The molecule has 0 saturated carbocycles. The third-order valence-corrected chi connectivity index (χ3v) is 5.83. The lowest BCUT2D eigenvalue weighted by atomic mass is 10.3. The first-order valence-electron chi connectivity index (χ1n) is 9.05. The van der Waals surface area contributed by atoms with Gasteiger partial charge < -0.3 is 15.1 Å². The van der Waals surface area contributed by atoms with Crippen molar-refractivity contribution in [3.8, 4) is 0 Å². The number of halogens is 1. The van der Waals surface area contributed by atoms with Crippen LogP contribution in [-0.4, -0.2) is 79.7 Å². The maximum absolute atomic E-state index is 12.5. The van der Waals surface area contributed by atoms with Gasteiger partial charge >= 0.3 is 0 Å². The van der Waals surface area contributed by atoms with E-state index < -0.39 is 10.0 Å². The summed E-state index contributed by atoms with van der Waals surface area (Å²) in [5.74, 6) is 0.495. The van der Waals surface area contributed by atoms with Gasteiger partial charge in [-0.15, -0.1) is 24.0 Å². The first-order valence-corrected chi connectivity index (χ1v) is 10.5. The van der Waals surface area contributed by atoms with Crippen LogP contribution in [0.15, 0.2) is 46.8 Å². The van der Waals surface area contributed by atoms with E-state index in [-0.39, 0.29) is 47.9 Å². The minimum atomic E-state index is -3.61. The van der Waals surface area contributed by atoms with Gasteiger partial charge in [0.05, 0.1) is 11.9 Å². The van der Waals surface area contributed by atoms with Crippen LogP contribution in [-0.2, 0) is 21.9 Å². The van der Waals surface area contributed by atoms with Crippen molar-refractivity contribution in [2.75, 3.05) is 44.7 Å². The highest BCUT2D eigenvalue weighted by atomic mass is 127. The topological polar surface area (TPSA) is 125 Å². The Kier molecular flexibility index (Phi) is 8.54. The van der Waals surface area contributed by atoms with Gasteiger partial charge in [-0.3, -0.25) is 19.5 Å². The number of rotatable bonds is 6. The van der Waals surface area contributed by atoms with Crippen LogP contribution in [0.4, 0.5) is 5.69 Å². The number of aryl methyl sites for hydroxylation is 1. The zero-order chi connectivity index (χ0) is 20.9. The molecule has 2 N–H and O–H groups in total. The summed E-state index contributed by atoms with van der Waals surface area (Å²) in [6, 6.07) is 3.05. The van der Waals surface area contributed by atoms with E-state index in [4.69, 9.17) is 0 Å². The Labute approximate surface area is 192 Å². The molecule has 1 saturated heterocycles. The Morgan fingerprint density at radius 1 is 1.27 bits per heavy atom. The lowest BCUT2D eigenvalue weighted by Crippen LogP contribution is -2.55. The standard InChI is InChI=1S/C17H24N8O3S.HI/c1-18-17(20-6-7-22-29(27,28)15-4-3-5-19-11-15)24-8-9-25(16(26)13-24)14-10-21-23(2)12-14;/h3-5,10-12,22H,6-9,13H2,1-2H3,(H,18,20);1H. The normalized spacial score (nSPS) is 15.1. The fourth-order valence-corrected chi connectivity index (χ4v) is 3.95. The number of hydrogen-bond acceptors (Lipinski definition) is 6. The third kappa shape index (κ3) is 5.89. The minimum absolute atomic E-state index is 0. The van der Waals surface area contributed by atoms with Crippen molar-refractivity contribution < 1.29 is 13.2 Å². The van der Waals surface area contributed by atoms with Crippen molar-refractivity contribution in [1.82, 2.24) is 29.7 Å². The zero-order valence-electron chi connectivity index (χ0n) is 16.7. The molecule has 0 spiro atoms. The second kappa shape index (κ2) is 10.7. The summed E-state index contributed by atoms with van der Waals surface area (Å²) >= 11 is 0. The number of guanidine groups is 1. The van der Waals surface area contributed by atoms with E-state index in [1.54, 1.807) is 42.1 Å². The second-order valence-electron chi connectivity index (χ2n) is 6.40. The number of pyridine rings is 1. The quantitative estimate of drug-likeness (QED) is 0.219. The van der Waals surface area contributed by atoms with Crippen molar-refractivity contribution >= 4 is 51.6 Å². The highest BCUT2D eigenvalue weighted by molar-refractivity contribution is 14.0. The molecule has 0 bridgehead atoms. The Morgan fingerprint density at radius 3 is 2.67 bits per heavy atom. The summed E-state index contributed by atoms with van der Waals surface area (Å²) in [6.07, 6.45) is 6.27. The van der Waals surface area contributed by atoms with Gasteiger partial charge in [-0.25, -0.2) is 13.1 Å². The average Bonchev–Trinajstić information content (AvgIpc) is 3.14. The van der Waals surface area contributed by atoms with E-state index >= 15 is 0 Å². The van der Waals surface area contributed by atoms with Crippen LogP contribution in [0.25, 0.3) is 0 Å². The minimum Gasteiger partial charge on any atom is -0.355 e. The molecule has 164 valence electrons. The Bertz CT molecular complexity index is 980. The van der Waals surface area contributed by atoms with Crippen LogP contribution >= 0.6 is 24.0 Å². The molecule has 13 heteroatoms. The monoisotopic (exact) mass is 548 g/mol. The van der Waals surface area contributed by atoms with E-state index in [9.17, 15) is 13.2 Å². The molecule has 1 amide bonds. The molecule has 2 aromatic heterocycles. The fraction of sp³-hybridized carbons (Fsp3) is 0.412. The molecule has 0 aliphatic carbocycles. The van der Waals surface area contributed by atoms with Crippen LogP contribution in [0.5, 0.6) is 0 Å². The highest BCUT2D eigenvalue weighted by Gasteiger charge is 2.27. The number of nitrogens with one attached hydrogen (secondary N) is 2. The summed E-state index contributed by atoms with van der Waals surface area (Å²) in [6.45, 7) is 1.78. The first kappa shape index (κ1) is 24.0. The number of hydrogen-bond donors (Lipinski definition) is 2. The van der Waals surface area contributed by atoms with Crippen molar-refractivity contribution in [2.45, 2.75) is 4.90 Å². The van der Waals surface area contributed by atoms with Crippen LogP contribution in [0.2, 0.25) is 0 Å². The van der Waals surface area contributed by atoms with Crippen molar-refractivity contribution in [3.63, 3.8) is 0 Å². The maximum atomic E-state index is 12.5. The van der Waals surface area contributed by atoms with Crippen molar-refractivity contribution in [2.24, 2.45) is 12.0 Å². The van der Waals surface area contributed by atoms with Crippen LogP contribution in [0, 0.1) is 0 Å². The maximum Gasteiger partial charge on any atom is 0.246 e. The predicted molar refractivity (Wildman–Crippen MR) is 123 cm³/mol. The van der Waals surface area contributed by atoms with Gasteiger partial charge in [-0.1, -0.05) is 0 Å². The van der Waals surface area contributed by atoms with Crippen molar-refractivity contribution in [3.05, 3.63) is 36.9 Å². The Morgan fingerprint density at radius 2 is 2.07 bits per heavy atom. The van der Waals surface area contributed by atoms with E-state index in [0.29, 0.717) is 25.6 Å². The first-order chi connectivity index (χ1) is 13.9. The van der Waals surface area contributed by atoms with Crippen LogP contribution in [0.3, 0.4) is 0 Å². The van der Waals surface area contributed by atoms with Crippen LogP contribution in [0.1, 0.15) is 0 Å². The summed E-state index contributed by atoms with van der Waals surface area (Å²) < 4.78 is 28.5.